The van der Waals surface area contributed by atoms with Gasteiger partial charge in [-0.1, -0.05) is 30.3 Å². The van der Waals surface area contributed by atoms with E-state index in [1.807, 2.05) is 53.2 Å². The summed E-state index contributed by atoms with van der Waals surface area (Å²) in [5, 5.41) is 0. The molecule has 0 fully saturated rings. The van der Waals surface area contributed by atoms with Crippen molar-refractivity contribution in [1.82, 2.24) is 8.87 Å². The maximum Gasteiger partial charge on any atom is 0.247 e. The summed E-state index contributed by atoms with van der Waals surface area (Å²) >= 11 is 0. The molecule has 1 unspecified atom stereocenters. The van der Waals surface area contributed by atoms with E-state index < -0.39 is 32.6 Å². The molecule has 2 aromatic carbocycles. The molecule has 0 saturated heterocycles. The second-order valence-electron chi connectivity index (χ2n) is 6.13. The largest absolute Gasteiger partial charge is 0.348 e. The smallest absolute Gasteiger partial charge is 0.247 e. The molecule has 134 valence electrons. The summed E-state index contributed by atoms with van der Waals surface area (Å²) in [6.07, 6.45) is 1.89. The van der Waals surface area contributed by atoms with E-state index >= 15 is 0 Å². The highest BCUT2D eigenvalue weighted by Gasteiger charge is 2.38. The Bertz CT molecular complexity index is 1050. The van der Waals surface area contributed by atoms with E-state index in [9.17, 15) is 17.2 Å². The standard InChI is InChI=1S/C19H16F2N2O2S/c20-15-8-9-16(21)18(13-15)26(24,25)23-12-11-22-10-4-7-17(22)19(23)14-5-2-1-3-6-14/h1-10,13,19H,11-12H2. The second-order valence-corrected chi connectivity index (χ2v) is 7.99. The first-order valence-corrected chi connectivity index (χ1v) is 9.59. The third kappa shape index (κ3) is 2.73. The van der Waals surface area contributed by atoms with E-state index in [1.165, 1.54) is 4.31 Å². The van der Waals surface area contributed by atoms with Crippen LogP contribution in [0.25, 0.3) is 0 Å². The van der Waals surface area contributed by atoms with Gasteiger partial charge in [-0.15, -0.1) is 0 Å². The molecule has 3 aromatic rings. The number of hydrogen-bond donors (Lipinski definition) is 0. The Morgan fingerprint density at radius 2 is 1.69 bits per heavy atom. The lowest BCUT2D eigenvalue weighted by molar-refractivity contribution is 0.297. The minimum atomic E-state index is -4.23. The van der Waals surface area contributed by atoms with Crippen LogP contribution in [0.5, 0.6) is 0 Å². The minimum Gasteiger partial charge on any atom is -0.348 e. The number of nitrogens with zero attached hydrogens (tertiary/aromatic N) is 2. The van der Waals surface area contributed by atoms with Crippen LogP contribution in [0.1, 0.15) is 17.3 Å². The third-order valence-corrected chi connectivity index (χ3v) is 6.47. The molecule has 0 bridgehead atoms. The van der Waals surface area contributed by atoms with Gasteiger partial charge in [-0.2, -0.15) is 4.31 Å². The molecule has 4 nitrogen and oxygen atoms in total. The van der Waals surface area contributed by atoms with Crippen molar-refractivity contribution in [2.75, 3.05) is 6.54 Å². The van der Waals surface area contributed by atoms with E-state index in [0.29, 0.717) is 6.54 Å². The van der Waals surface area contributed by atoms with E-state index in [-0.39, 0.29) is 6.54 Å². The van der Waals surface area contributed by atoms with Crippen LogP contribution in [0.2, 0.25) is 0 Å². The van der Waals surface area contributed by atoms with E-state index in [0.717, 1.165) is 29.5 Å². The molecule has 4 rings (SSSR count). The quantitative estimate of drug-likeness (QED) is 0.704. The lowest BCUT2D eigenvalue weighted by Gasteiger charge is -2.36. The Morgan fingerprint density at radius 3 is 2.46 bits per heavy atom. The Labute approximate surface area is 150 Å². The van der Waals surface area contributed by atoms with Gasteiger partial charge < -0.3 is 4.57 Å². The highest BCUT2D eigenvalue weighted by molar-refractivity contribution is 7.89. The van der Waals surface area contributed by atoms with E-state index in [2.05, 4.69) is 0 Å². The highest BCUT2D eigenvalue weighted by Crippen LogP contribution is 2.36. The molecule has 1 aliphatic heterocycles. The van der Waals surface area contributed by atoms with Gasteiger partial charge in [0.25, 0.3) is 0 Å². The van der Waals surface area contributed by atoms with Crippen molar-refractivity contribution in [2.45, 2.75) is 17.5 Å². The molecule has 1 aromatic heterocycles. The normalized spacial score (nSPS) is 17.8. The van der Waals surface area contributed by atoms with Crippen LogP contribution in [-0.4, -0.2) is 23.8 Å². The van der Waals surface area contributed by atoms with Gasteiger partial charge in [-0.3, -0.25) is 0 Å². The van der Waals surface area contributed by atoms with Gasteiger partial charge >= 0.3 is 0 Å². The average Bonchev–Trinajstić information content (AvgIpc) is 3.12. The number of sulfonamides is 1. The lowest BCUT2D eigenvalue weighted by Crippen LogP contribution is -2.42. The summed E-state index contributed by atoms with van der Waals surface area (Å²) in [5.41, 5.74) is 1.57. The maximum absolute atomic E-state index is 14.2. The zero-order valence-corrected chi connectivity index (χ0v) is 14.5. The molecule has 0 N–H and O–H groups in total. The van der Waals surface area contributed by atoms with Gasteiger partial charge in [0.1, 0.15) is 16.5 Å². The average molecular weight is 374 g/mol. The number of hydrogen-bond acceptors (Lipinski definition) is 2. The highest BCUT2D eigenvalue weighted by atomic mass is 32.2. The number of halogens is 2. The molecule has 0 spiro atoms. The first-order valence-electron chi connectivity index (χ1n) is 8.15. The molecular formula is C19H16F2N2O2S. The minimum absolute atomic E-state index is 0.166. The Balaban J connectivity index is 1.88. The van der Waals surface area contributed by atoms with E-state index in [4.69, 9.17) is 0 Å². The van der Waals surface area contributed by atoms with Gasteiger partial charge in [-0.05, 0) is 35.9 Å². The molecule has 0 amide bonds. The number of aromatic nitrogens is 1. The van der Waals surface area contributed by atoms with Crippen LogP contribution in [0.4, 0.5) is 8.78 Å². The van der Waals surface area contributed by atoms with Crippen LogP contribution < -0.4 is 0 Å². The van der Waals surface area contributed by atoms with Crippen LogP contribution in [0.3, 0.4) is 0 Å². The van der Waals surface area contributed by atoms with Crippen molar-refractivity contribution in [3.63, 3.8) is 0 Å². The topological polar surface area (TPSA) is 42.3 Å². The Hall–Kier alpha value is -2.51. The first kappa shape index (κ1) is 16.9. The maximum atomic E-state index is 14.2. The SMILES string of the molecule is O=S(=O)(c1cc(F)ccc1F)N1CCn2cccc2C1c1ccccc1. The summed E-state index contributed by atoms with van der Waals surface area (Å²) in [6, 6.07) is 14.7. The van der Waals surface area contributed by atoms with Crippen LogP contribution in [0, 0.1) is 11.6 Å². The van der Waals surface area contributed by atoms with Crippen LogP contribution in [0.15, 0.2) is 71.8 Å². The zero-order chi connectivity index (χ0) is 18.3. The fourth-order valence-electron chi connectivity index (χ4n) is 3.39. The van der Waals surface area contributed by atoms with Crippen LogP contribution >= 0.6 is 0 Å². The van der Waals surface area contributed by atoms with Crippen molar-refractivity contribution in [3.05, 3.63) is 89.8 Å². The molecular weight excluding hydrogens is 358 g/mol. The lowest BCUT2D eigenvalue weighted by atomic mass is 10.0. The zero-order valence-electron chi connectivity index (χ0n) is 13.7. The number of fused-ring (bicyclic) bond motifs is 1. The van der Waals surface area contributed by atoms with E-state index in [1.54, 1.807) is 0 Å². The molecule has 0 saturated carbocycles. The van der Waals surface area contributed by atoms with Gasteiger partial charge in [-0.25, -0.2) is 17.2 Å². The third-order valence-electron chi connectivity index (χ3n) is 4.59. The van der Waals surface area contributed by atoms with Crippen molar-refractivity contribution < 1.29 is 17.2 Å². The second kappa shape index (κ2) is 6.34. The Kier molecular flexibility index (Phi) is 4.13. The number of benzene rings is 2. The predicted molar refractivity (Wildman–Crippen MR) is 93.0 cm³/mol. The molecule has 2 heterocycles. The molecule has 0 aliphatic carbocycles. The summed E-state index contributed by atoms with van der Waals surface area (Å²) < 4.78 is 57.4. The van der Waals surface area contributed by atoms with Gasteiger partial charge in [0.2, 0.25) is 10.0 Å². The molecule has 7 heteroatoms. The predicted octanol–water partition coefficient (Wildman–Crippen LogP) is 3.56. The first-order chi connectivity index (χ1) is 12.5. The molecule has 26 heavy (non-hydrogen) atoms. The fraction of sp³-hybridized carbons (Fsp3) is 0.158. The van der Waals surface area contributed by atoms with Crippen molar-refractivity contribution in [1.29, 1.82) is 0 Å². The van der Waals surface area contributed by atoms with Crippen molar-refractivity contribution in [3.8, 4) is 0 Å². The van der Waals surface area contributed by atoms with Crippen molar-refractivity contribution in [2.24, 2.45) is 0 Å². The molecule has 1 aliphatic rings. The van der Waals surface area contributed by atoms with Gasteiger partial charge in [0.05, 0.1) is 6.04 Å². The summed E-state index contributed by atoms with van der Waals surface area (Å²) in [4.78, 5) is -0.640. The molecule has 0 radical (unpaired) electrons. The van der Waals surface area contributed by atoms with Gasteiger partial charge in [0, 0.05) is 25.0 Å². The van der Waals surface area contributed by atoms with Gasteiger partial charge in [0.15, 0.2) is 0 Å². The monoisotopic (exact) mass is 374 g/mol. The fourth-order valence-corrected chi connectivity index (χ4v) is 5.05. The Morgan fingerprint density at radius 1 is 0.923 bits per heavy atom. The van der Waals surface area contributed by atoms with Crippen molar-refractivity contribution >= 4 is 10.0 Å². The summed E-state index contributed by atoms with van der Waals surface area (Å²) in [5.74, 6) is -1.75. The summed E-state index contributed by atoms with van der Waals surface area (Å²) in [7, 11) is -4.23. The van der Waals surface area contributed by atoms with Crippen LogP contribution in [-0.2, 0) is 16.6 Å². The number of rotatable bonds is 3. The summed E-state index contributed by atoms with van der Waals surface area (Å²) in [6.45, 7) is 0.612. The molecule has 1 atom stereocenters.